The first-order valence-corrected chi connectivity index (χ1v) is 6.24. The first kappa shape index (κ1) is 14.3. The molecule has 1 rings (SSSR count). The molecular weight excluding hydrogens is 285 g/mol. The fraction of sp³-hybridized carbons (Fsp3) is 0.462. The third-order valence-electron chi connectivity index (χ3n) is 2.68. The first-order valence-electron chi connectivity index (χ1n) is 5.44. The van der Waals surface area contributed by atoms with E-state index in [9.17, 15) is 9.18 Å². The molecule has 94 valence electrons. The van der Waals surface area contributed by atoms with E-state index in [4.69, 9.17) is 5.73 Å². The summed E-state index contributed by atoms with van der Waals surface area (Å²) in [6.07, 6.45) is 0.150. The summed E-state index contributed by atoms with van der Waals surface area (Å²) in [5.41, 5.74) is 6.22. The van der Waals surface area contributed by atoms with Crippen molar-refractivity contribution >= 4 is 21.7 Å². The van der Waals surface area contributed by atoms with E-state index in [-0.39, 0.29) is 23.4 Å². The van der Waals surface area contributed by atoms with Gasteiger partial charge in [0.25, 0.3) is 0 Å². The zero-order valence-electron chi connectivity index (χ0n) is 10.3. The normalized spacial score (nSPS) is 13.5. The molecule has 0 heterocycles. The zero-order chi connectivity index (χ0) is 13.2. The molecule has 0 aliphatic heterocycles. The highest BCUT2D eigenvalue weighted by molar-refractivity contribution is 9.10. The topological polar surface area (TPSA) is 43.1 Å². The summed E-state index contributed by atoms with van der Waals surface area (Å²) in [5.74, 6) is -0.441. The number of Topliss-reactive ketones (excluding diaryl/α,β-unsaturated/α-hetero) is 1. The van der Waals surface area contributed by atoms with E-state index in [1.165, 1.54) is 6.07 Å². The average molecular weight is 302 g/mol. The molecular formula is C13H17BrFNO. The molecule has 2 N–H and O–H groups in total. The molecule has 4 heteroatoms. The van der Waals surface area contributed by atoms with Crippen LogP contribution in [0.4, 0.5) is 4.39 Å². The van der Waals surface area contributed by atoms with Crippen molar-refractivity contribution in [1.29, 1.82) is 0 Å². The lowest BCUT2D eigenvalue weighted by atomic mass is 9.83. The van der Waals surface area contributed by atoms with Crippen LogP contribution >= 0.6 is 15.9 Å². The van der Waals surface area contributed by atoms with Crippen molar-refractivity contribution in [3.05, 3.63) is 34.1 Å². The Morgan fingerprint density at radius 3 is 2.59 bits per heavy atom. The van der Waals surface area contributed by atoms with Gasteiger partial charge in [-0.25, -0.2) is 4.39 Å². The number of rotatable bonds is 3. The number of carbonyl (C=O) groups excluding carboxylic acids is 1. The van der Waals surface area contributed by atoms with Crippen molar-refractivity contribution in [2.75, 3.05) is 0 Å². The first-order chi connectivity index (χ1) is 7.73. The van der Waals surface area contributed by atoms with E-state index in [0.29, 0.717) is 10.0 Å². The summed E-state index contributed by atoms with van der Waals surface area (Å²) in [6, 6.07) is 4.12. The van der Waals surface area contributed by atoms with E-state index < -0.39 is 6.04 Å². The Hall–Kier alpha value is -0.740. The van der Waals surface area contributed by atoms with Crippen LogP contribution in [0.5, 0.6) is 0 Å². The molecule has 0 aliphatic carbocycles. The van der Waals surface area contributed by atoms with Crippen molar-refractivity contribution in [3.8, 4) is 0 Å². The van der Waals surface area contributed by atoms with Crippen LogP contribution in [-0.4, -0.2) is 11.8 Å². The number of hydrogen-bond acceptors (Lipinski definition) is 2. The molecule has 2 nitrogen and oxygen atoms in total. The van der Waals surface area contributed by atoms with Gasteiger partial charge in [0.05, 0.1) is 10.5 Å². The monoisotopic (exact) mass is 301 g/mol. The van der Waals surface area contributed by atoms with Gasteiger partial charge >= 0.3 is 0 Å². The van der Waals surface area contributed by atoms with Crippen LogP contribution in [0.2, 0.25) is 0 Å². The van der Waals surface area contributed by atoms with Gasteiger partial charge in [0, 0.05) is 6.42 Å². The molecule has 0 aromatic heterocycles. The van der Waals surface area contributed by atoms with E-state index in [1.807, 2.05) is 20.8 Å². The molecule has 0 saturated heterocycles. The minimum absolute atomic E-state index is 0.0798. The van der Waals surface area contributed by atoms with Gasteiger partial charge in [-0.15, -0.1) is 0 Å². The molecule has 0 fully saturated rings. The Labute approximate surface area is 110 Å². The predicted octanol–water partition coefficient (Wildman–Crippen LogP) is 3.07. The summed E-state index contributed by atoms with van der Waals surface area (Å²) in [7, 11) is 0. The standard InChI is InChI=1S/C13H17BrFNO/c1-13(2,3)12(16)10(17)7-8-5-4-6-9(15)11(8)14/h4-6,12H,7,16H2,1-3H3. The fourth-order valence-corrected chi connectivity index (χ4v) is 1.87. The van der Waals surface area contributed by atoms with Gasteiger partial charge in [0.1, 0.15) is 5.82 Å². The van der Waals surface area contributed by atoms with Crippen molar-refractivity contribution in [1.82, 2.24) is 0 Å². The summed E-state index contributed by atoms with van der Waals surface area (Å²) in [4.78, 5) is 12.0. The average Bonchev–Trinajstić information content (AvgIpc) is 2.22. The molecule has 0 amide bonds. The maximum atomic E-state index is 13.3. The highest BCUT2D eigenvalue weighted by Crippen LogP contribution is 2.24. The predicted molar refractivity (Wildman–Crippen MR) is 70.2 cm³/mol. The Morgan fingerprint density at radius 2 is 2.06 bits per heavy atom. The van der Waals surface area contributed by atoms with Gasteiger partial charge in [-0.2, -0.15) is 0 Å². The van der Waals surface area contributed by atoms with E-state index in [2.05, 4.69) is 15.9 Å². The minimum Gasteiger partial charge on any atom is -0.321 e. The van der Waals surface area contributed by atoms with Crippen LogP contribution in [-0.2, 0) is 11.2 Å². The fourth-order valence-electron chi connectivity index (χ4n) is 1.47. The van der Waals surface area contributed by atoms with Crippen LogP contribution < -0.4 is 5.73 Å². The highest BCUT2D eigenvalue weighted by Gasteiger charge is 2.27. The van der Waals surface area contributed by atoms with Crippen molar-refractivity contribution in [2.45, 2.75) is 33.2 Å². The van der Waals surface area contributed by atoms with E-state index in [0.717, 1.165) is 0 Å². The highest BCUT2D eigenvalue weighted by atomic mass is 79.9. The summed E-state index contributed by atoms with van der Waals surface area (Å²) >= 11 is 3.14. The van der Waals surface area contributed by atoms with Gasteiger partial charge in [-0.05, 0) is 33.0 Å². The molecule has 0 aliphatic rings. The van der Waals surface area contributed by atoms with Crippen LogP contribution in [0.15, 0.2) is 22.7 Å². The van der Waals surface area contributed by atoms with Gasteiger partial charge in [0.2, 0.25) is 0 Å². The van der Waals surface area contributed by atoms with Gasteiger partial charge in [-0.3, -0.25) is 4.79 Å². The Kier molecular flexibility index (Phi) is 4.44. The number of ketones is 1. The minimum atomic E-state index is -0.544. The lowest BCUT2D eigenvalue weighted by Gasteiger charge is -2.25. The summed E-state index contributed by atoms with van der Waals surface area (Å²) in [6.45, 7) is 5.74. The Morgan fingerprint density at radius 1 is 1.47 bits per heavy atom. The number of carbonyl (C=O) groups is 1. The number of benzene rings is 1. The van der Waals surface area contributed by atoms with Crippen LogP contribution in [0.3, 0.4) is 0 Å². The van der Waals surface area contributed by atoms with Crippen LogP contribution in [0.1, 0.15) is 26.3 Å². The molecule has 1 unspecified atom stereocenters. The number of nitrogens with two attached hydrogens (primary N) is 1. The third kappa shape index (κ3) is 3.61. The second-order valence-electron chi connectivity index (χ2n) is 5.20. The van der Waals surface area contributed by atoms with Crippen LogP contribution in [0.25, 0.3) is 0 Å². The molecule has 0 saturated carbocycles. The van der Waals surface area contributed by atoms with E-state index >= 15 is 0 Å². The molecule has 1 aromatic carbocycles. The lowest BCUT2D eigenvalue weighted by Crippen LogP contribution is -2.43. The SMILES string of the molecule is CC(C)(C)C(N)C(=O)Cc1cccc(F)c1Br. The maximum Gasteiger partial charge on any atom is 0.154 e. The second kappa shape index (κ2) is 5.27. The smallest absolute Gasteiger partial charge is 0.154 e. The van der Waals surface area contributed by atoms with Gasteiger partial charge in [0.15, 0.2) is 5.78 Å². The largest absolute Gasteiger partial charge is 0.321 e. The van der Waals surface area contributed by atoms with Crippen LogP contribution in [0, 0.1) is 11.2 Å². The summed E-state index contributed by atoms with van der Waals surface area (Å²) in [5, 5.41) is 0. The Balaban J connectivity index is 2.86. The molecule has 0 radical (unpaired) electrons. The Bertz CT molecular complexity index is 426. The zero-order valence-corrected chi connectivity index (χ0v) is 11.8. The second-order valence-corrected chi connectivity index (χ2v) is 5.99. The molecule has 0 spiro atoms. The van der Waals surface area contributed by atoms with Crippen molar-refractivity contribution in [2.24, 2.45) is 11.1 Å². The van der Waals surface area contributed by atoms with Gasteiger partial charge < -0.3 is 5.73 Å². The molecule has 1 aromatic rings. The molecule has 17 heavy (non-hydrogen) atoms. The quantitative estimate of drug-likeness (QED) is 0.932. The lowest BCUT2D eigenvalue weighted by molar-refractivity contribution is -0.121. The van der Waals surface area contributed by atoms with Gasteiger partial charge in [-0.1, -0.05) is 32.9 Å². The molecule has 0 bridgehead atoms. The van der Waals surface area contributed by atoms with Crippen molar-refractivity contribution < 1.29 is 9.18 Å². The maximum absolute atomic E-state index is 13.3. The number of hydrogen-bond donors (Lipinski definition) is 1. The molecule has 1 atom stereocenters. The van der Waals surface area contributed by atoms with E-state index in [1.54, 1.807) is 12.1 Å². The third-order valence-corrected chi connectivity index (χ3v) is 3.56. The number of halogens is 2. The van der Waals surface area contributed by atoms with Crippen molar-refractivity contribution in [3.63, 3.8) is 0 Å². The summed E-state index contributed by atoms with van der Waals surface area (Å²) < 4.78 is 13.6.